The minimum absolute atomic E-state index is 0.0909. The Labute approximate surface area is 157 Å². The van der Waals surface area contributed by atoms with Gasteiger partial charge < -0.3 is 32.5 Å². The fourth-order valence-corrected chi connectivity index (χ4v) is 2.18. The van der Waals surface area contributed by atoms with Crippen molar-refractivity contribution in [3.05, 3.63) is 0 Å². The van der Waals surface area contributed by atoms with Gasteiger partial charge in [-0.05, 0) is 25.7 Å². The number of hydrogen-bond acceptors (Lipinski definition) is 6. The Kier molecular flexibility index (Phi) is 10.7. The molecule has 27 heavy (non-hydrogen) atoms. The number of carbonyl (C=O) groups is 5. The topological polar surface area (TPSA) is 194 Å². The van der Waals surface area contributed by atoms with Crippen molar-refractivity contribution in [3.63, 3.8) is 0 Å². The minimum Gasteiger partial charge on any atom is -0.480 e. The molecule has 0 spiro atoms. The molecule has 0 saturated carbocycles. The molecule has 0 rings (SSSR count). The van der Waals surface area contributed by atoms with Gasteiger partial charge in [-0.2, -0.15) is 0 Å². The molecular formula is C16H29N5O6. The van der Waals surface area contributed by atoms with E-state index in [1.807, 2.05) is 13.8 Å². The number of aliphatic carboxylic acids is 1. The number of carboxylic acids is 1. The second-order valence-electron chi connectivity index (χ2n) is 6.59. The highest BCUT2D eigenvalue weighted by molar-refractivity contribution is 5.93. The van der Waals surface area contributed by atoms with E-state index in [4.69, 9.17) is 16.6 Å². The fraction of sp³-hybridized carbons (Fsp3) is 0.688. The lowest BCUT2D eigenvalue weighted by atomic mass is 10.0. The number of hydrogen-bond donors (Lipinski definition) is 6. The molecule has 4 amide bonds. The van der Waals surface area contributed by atoms with Crippen LogP contribution in [0.3, 0.4) is 0 Å². The number of nitrogens with two attached hydrogens (primary N) is 2. The Bertz CT molecular complexity index is 566. The summed E-state index contributed by atoms with van der Waals surface area (Å²) in [4.78, 5) is 57.9. The van der Waals surface area contributed by atoms with Gasteiger partial charge in [0.15, 0.2) is 0 Å². The first-order valence-corrected chi connectivity index (χ1v) is 8.59. The molecule has 3 unspecified atom stereocenters. The third-order valence-corrected chi connectivity index (χ3v) is 3.59. The second-order valence-corrected chi connectivity index (χ2v) is 6.59. The highest BCUT2D eigenvalue weighted by atomic mass is 16.4. The average Bonchev–Trinajstić information content (AvgIpc) is 2.56. The lowest BCUT2D eigenvalue weighted by Crippen LogP contribution is -2.55. The van der Waals surface area contributed by atoms with Gasteiger partial charge in [0.2, 0.25) is 23.6 Å². The summed E-state index contributed by atoms with van der Waals surface area (Å²) in [5, 5.41) is 16.3. The predicted octanol–water partition coefficient (Wildman–Crippen LogP) is -2.18. The molecule has 11 heteroatoms. The molecule has 0 aromatic heterocycles. The van der Waals surface area contributed by atoms with Crippen LogP contribution < -0.4 is 27.4 Å². The first-order chi connectivity index (χ1) is 12.5. The monoisotopic (exact) mass is 387 g/mol. The SMILES string of the molecule is CC(C)CC(NC(=O)CN)C(=O)NC(C)C(=O)NC(CCC(N)=O)C(=O)O. The fourth-order valence-electron chi connectivity index (χ4n) is 2.18. The molecule has 0 radical (unpaired) electrons. The summed E-state index contributed by atoms with van der Waals surface area (Å²) in [6, 6.07) is -3.24. The van der Waals surface area contributed by atoms with E-state index >= 15 is 0 Å². The van der Waals surface area contributed by atoms with Gasteiger partial charge in [-0.3, -0.25) is 19.2 Å². The summed E-state index contributed by atoms with van der Waals surface area (Å²) < 4.78 is 0. The van der Waals surface area contributed by atoms with E-state index in [2.05, 4.69) is 16.0 Å². The zero-order valence-electron chi connectivity index (χ0n) is 15.8. The average molecular weight is 387 g/mol. The Hall–Kier alpha value is -2.69. The first-order valence-electron chi connectivity index (χ1n) is 8.59. The van der Waals surface area contributed by atoms with Crippen LogP contribution in [0.5, 0.6) is 0 Å². The maximum Gasteiger partial charge on any atom is 0.326 e. The predicted molar refractivity (Wildman–Crippen MR) is 96.0 cm³/mol. The number of carbonyl (C=O) groups excluding carboxylic acids is 4. The molecule has 0 aliphatic rings. The second kappa shape index (κ2) is 11.8. The summed E-state index contributed by atoms with van der Waals surface area (Å²) in [6.07, 6.45) is -0.0402. The van der Waals surface area contributed by atoms with Crippen molar-refractivity contribution < 1.29 is 29.1 Å². The first kappa shape index (κ1) is 24.3. The summed E-state index contributed by atoms with van der Waals surface area (Å²) in [5.74, 6) is -3.76. The van der Waals surface area contributed by atoms with Gasteiger partial charge in [0.25, 0.3) is 0 Å². The van der Waals surface area contributed by atoms with E-state index in [1.54, 1.807) is 0 Å². The molecule has 0 aromatic carbocycles. The van der Waals surface area contributed by atoms with Gasteiger partial charge in [0, 0.05) is 6.42 Å². The van der Waals surface area contributed by atoms with Gasteiger partial charge in [0.1, 0.15) is 18.1 Å². The van der Waals surface area contributed by atoms with Gasteiger partial charge in [-0.25, -0.2) is 4.79 Å². The van der Waals surface area contributed by atoms with Crippen molar-refractivity contribution in [2.75, 3.05) is 6.54 Å². The molecule has 0 saturated heterocycles. The van der Waals surface area contributed by atoms with Crippen LogP contribution in [-0.2, 0) is 24.0 Å². The molecule has 0 aliphatic heterocycles. The van der Waals surface area contributed by atoms with E-state index in [1.165, 1.54) is 6.92 Å². The molecule has 11 nitrogen and oxygen atoms in total. The number of rotatable bonds is 12. The van der Waals surface area contributed by atoms with Gasteiger partial charge >= 0.3 is 5.97 Å². The van der Waals surface area contributed by atoms with E-state index < -0.39 is 47.7 Å². The lowest BCUT2D eigenvalue weighted by Gasteiger charge is -2.23. The van der Waals surface area contributed by atoms with Crippen LogP contribution >= 0.6 is 0 Å². The largest absolute Gasteiger partial charge is 0.480 e. The van der Waals surface area contributed by atoms with Crippen LogP contribution in [0.1, 0.15) is 40.0 Å². The Morgan fingerprint density at radius 3 is 1.96 bits per heavy atom. The number of amides is 4. The van der Waals surface area contributed by atoms with Crippen LogP contribution in [0.25, 0.3) is 0 Å². The van der Waals surface area contributed by atoms with Crippen molar-refractivity contribution in [1.29, 1.82) is 0 Å². The summed E-state index contributed by atoms with van der Waals surface area (Å²) >= 11 is 0. The summed E-state index contributed by atoms with van der Waals surface area (Å²) in [6.45, 7) is 4.82. The van der Waals surface area contributed by atoms with Crippen molar-refractivity contribution in [2.45, 2.75) is 58.2 Å². The van der Waals surface area contributed by atoms with Crippen LogP contribution in [0.2, 0.25) is 0 Å². The van der Waals surface area contributed by atoms with E-state index in [0.717, 1.165) is 0 Å². The highest BCUT2D eigenvalue weighted by Gasteiger charge is 2.27. The molecular weight excluding hydrogens is 358 g/mol. The smallest absolute Gasteiger partial charge is 0.326 e. The summed E-state index contributed by atoms with van der Waals surface area (Å²) in [5.41, 5.74) is 10.2. The van der Waals surface area contributed by atoms with Crippen molar-refractivity contribution in [2.24, 2.45) is 17.4 Å². The molecule has 0 bridgehead atoms. The van der Waals surface area contributed by atoms with Crippen LogP contribution in [0.4, 0.5) is 0 Å². The molecule has 0 heterocycles. The van der Waals surface area contributed by atoms with Gasteiger partial charge in [-0.1, -0.05) is 13.8 Å². The Morgan fingerprint density at radius 2 is 1.52 bits per heavy atom. The molecule has 0 aliphatic carbocycles. The molecule has 154 valence electrons. The summed E-state index contributed by atoms with van der Waals surface area (Å²) in [7, 11) is 0. The van der Waals surface area contributed by atoms with Crippen molar-refractivity contribution in [1.82, 2.24) is 16.0 Å². The van der Waals surface area contributed by atoms with Crippen LogP contribution in [0, 0.1) is 5.92 Å². The Balaban J connectivity index is 4.88. The van der Waals surface area contributed by atoms with Gasteiger partial charge in [-0.15, -0.1) is 0 Å². The number of primary amides is 1. The van der Waals surface area contributed by atoms with Crippen molar-refractivity contribution in [3.8, 4) is 0 Å². The van der Waals surface area contributed by atoms with Gasteiger partial charge in [0.05, 0.1) is 6.54 Å². The Morgan fingerprint density at radius 1 is 0.926 bits per heavy atom. The normalized spacial score (nSPS) is 14.0. The van der Waals surface area contributed by atoms with E-state index in [-0.39, 0.29) is 25.3 Å². The molecule has 8 N–H and O–H groups in total. The third kappa shape index (κ3) is 10.1. The maximum absolute atomic E-state index is 12.4. The quantitative estimate of drug-likeness (QED) is 0.219. The van der Waals surface area contributed by atoms with Crippen LogP contribution in [0.15, 0.2) is 0 Å². The van der Waals surface area contributed by atoms with E-state index in [9.17, 15) is 24.0 Å². The maximum atomic E-state index is 12.4. The zero-order chi connectivity index (χ0) is 21.1. The minimum atomic E-state index is -1.32. The zero-order valence-corrected chi connectivity index (χ0v) is 15.8. The molecule has 3 atom stereocenters. The molecule has 0 aromatic rings. The lowest BCUT2D eigenvalue weighted by molar-refractivity contribution is -0.142. The number of nitrogens with one attached hydrogen (secondary N) is 3. The highest BCUT2D eigenvalue weighted by Crippen LogP contribution is 2.06. The van der Waals surface area contributed by atoms with Crippen LogP contribution in [-0.4, -0.2) is 59.4 Å². The van der Waals surface area contributed by atoms with E-state index in [0.29, 0.717) is 6.42 Å². The third-order valence-electron chi connectivity index (χ3n) is 3.59. The standard InChI is InChI=1S/C16H29N5O6/c1-8(2)6-11(20-13(23)7-17)15(25)19-9(3)14(24)21-10(16(26)27)4-5-12(18)22/h8-11H,4-7,17H2,1-3H3,(H2,18,22)(H,19,25)(H,20,23)(H,21,24)(H,26,27). The van der Waals surface area contributed by atoms with Crippen molar-refractivity contribution >= 4 is 29.6 Å². The number of carboxylic acid groups (broad SMARTS) is 1. The molecule has 0 fully saturated rings.